The Bertz CT molecular complexity index is 213. The van der Waals surface area contributed by atoms with E-state index >= 15 is 0 Å². The molecule has 1 atom stereocenters. The minimum atomic E-state index is -0.325. The number of nitrogens with zero attached hydrogens (tertiary/aromatic N) is 2. The number of nitriles is 1. The second kappa shape index (κ2) is 4.83. The van der Waals surface area contributed by atoms with Gasteiger partial charge >= 0.3 is 5.97 Å². The Morgan fingerprint density at radius 2 is 2.08 bits per heavy atom. The van der Waals surface area contributed by atoms with Gasteiger partial charge in [-0.15, -0.1) is 0 Å². The van der Waals surface area contributed by atoms with E-state index in [9.17, 15) is 4.79 Å². The molecular formula is C9H17N2O2+. The van der Waals surface area contributed by atoms with Gasteiger partial charge in [0, 0.05) is 6.92 Å². The van der Waals surface area contributed by atoms with Crippen molar-refractivity contribution in [3.63, 3.8) is 0 Å². The summed E-state index contributed by atoms with van der Waals surface area (Å²) in [5.74, 6) is -0.325. The first-order valence-electron chi connectivity index (χ1n) is 4.20. The van der Waals surface area contributed by atoms with Crippen LogP contribution in [0.3, 0.4) is 0 Å². The highest BCUT2D eigenvalue weighted by Gasteiger charge is 2.20. The van der Waals surface area contributed by atoms with Gasteiger partial charge in [0.15, 0.2) is 6.10 Å². The summed E-state index contributed by atoms with van der Waals surface area (Å²) in [4.78, 5) is 10.7. The van der Waals surface area contributed by atoms with Crippen molar-refractivity contribution in [1.82, 2.24) is 0 Å². The van der Waals surface area contributed by atoms with E-state index in [1.807, 2.05) is 27.2 Å². The van der Waals surface area contributed by atoms with Crippen LogP contribution in [0.4, 0.5) is 0 Å². The number of hydrogen-bond acceptors (Lipinski definition) is 3. The largest absolute Gasteiger partial charge is 0.455 e. The first-order chi connectivity index (χ1) is 5.85. The Morgan fingerprint density at radius 3 is 2.38 bits per heavy atom. The first kappa shape index (κ1) is 11.9. The van der Waals surface area contributed by atoms with Gasteiger partial charge < -0.3 is 9.22 Å². The molecule has 0 amide bonds. The van der Waals surface area contributed by atoms with Crippen molar-refractivity contribution in [2.75, 3.05) is 27.7 Å². The fraction of sp³-hybridized carbons (Fsp3) is 0.778. The summed E-state index contributed by atoms with van der Waals surface area (Å²) in [6.07, 6.45) is -0.0303. The van der Waals surface area contributed by atoms with Gasteiger partial charge in [0.2, 0.25) is 0 Å². The van der Waals surface area contributed by atoms with Gasteiger partial charge in [-0.2, -0.15) is 5.26 Å². The average molecular weight is 185 g/mol. The smallest absolute Gasteiger partial charge is 0.303 e. The lowest BCUT2D eigenvalue weighted by Gasteiger charge is -2.27. The molecular weight excluding hydrogens is 168 g/mol. The van der Waals surface area contributed by atoms with Crippen molar-refractivity contribution in [1.29, 1.82) is 5.26 Å². The fourth-order valence-electron chi connectivity index (χ4n) is 1.09. The molecule has 4 heteroatoms. The molecule has 0 aliphatic rings. The number of hydrogen-bond donors (Lipinski definition) is 0. The van der Waals surface area contributed by atoms with Crippen LogP contribution in [0.5, 0.6) is 0 Å². The van der Waals surface area contributed by atoms with E-state index in [-0.39, 0.29) is 18.5 Å². The molecule has 13 heavy (non-hydrogen) atoms. The lowest BCUT2D eigenvalue weighted by atomic mass is 10.2. The van der Waals surface area contributed by atoms with E-state index in [0.717, 1.165) is 0 Å². The van der Waals surface area contributed by atoms with Crippen LogP contribution < -0.4 is 0 Å². The SMILES string of the molecule is CC(=O)OC(CC#N)C[N+](C)(C)C. The maximum absolute atomic E-state index is 10.7. The van der Waals surface area contributed by atoms with Crippen LogP contribution in [0.15, 0.2) is 0 Å². The molecule has 0 bridgehead atoms. The second-order valence-corrected chi connectivity index (χ2v) is 4.07. The Morgan fingerprint density at radius 1 is 1.54 bits per heavy atom. The summed E-state index contributed by atoms with van der Waals surface area (Å²) in [5.41, 5.74) is 0. The van der Waals surface area contributed by atoms with Gasteiger partial charge in [0.05, 0.1) is 33.6 Å². The topological polar surface area (TPSA) is 50.1 Å². The van der Waals surface area contributed by atoms with Crippen LogP contribution >= 0.6 is 0 Å². The monoisotopic (exact) mass is 185 g/mol. The summed E-state index contributed by atoms with van der Waals surface area (Å²) in [6.45, 7) is 2.02. The van der Waals surface area contributed by atoms with E-state index < -0.39 is 0 Å². The van der Waals surface area contributed by atoms with Gasteiger partial charge in [0.25, 0.3) is 0 Å². The Balaban J connectivity index is 4.11. The van der Waals surface area contributed by atoms with Crippen molar-refractivity contribution >= 4 is 5.97 Å². The maximum atomic E-state index is 10.7. The Kier molecular flexibility index (Phi) is 4.43. The number of quaternary nitrogens is 1. The van der Waals surface area contributed by atoms with E-state index in [0.29, 0.717) is 11.0 Å². The predicted molar refractivity (Wildman–Crippen MR) is 48.7 cm³/mol. The molecule has 0 aliphatic carbocycles. The highest BCUT2D eigenvalue weighted by atomic mass is 16.5. The molecule has 0 radical (unpaired) electrons. The number of carbonyl (C=O) groups is 1. The quantitative estimate of drug-likeness (QED) is 0.474. The van der Waals surface area contributed by atoms with Gasteiger partial charge in [-0.3, -0.25) is 4.79 Å². The van der Waals surface area contributed by atoms with Crippen LogP contribution in [0.2, 0.25) is 0 Å². The maximum Gasteiger partial charge on any atom is 0.303 e. The summed E-state index contributed by atoms with van der Waals surface area (Å²) >= 11 is 0. The fourth-order valence-corrected chi connectivity index (χ4v) is 1.09. The van der Waals surface area contributed by atoms with Crippen LogP contribution in [0.1, 0.15) is 13.3 Å². The number of rotatable bonds is 4. The van der Waals surface area contributed by atoms with Crippen LogP contribution in [0.25, 0.3) is 0 Å². The van der Waals surface area contributed by atoms with Crippen molar-refractivity contribution in [2.45, 2.75) is 19.4 Å². The first-order valence-corrected chi connectivity index (χ1v) is 4.20. The molecule has 0 aliphatic heterocycles. The highest BCUT2D eigenvalue weighted by Crippen LogP contribution is 2.03. The van der Waals surface area contributed by atoms with Crippen LogP contribution in [0, 0.1) is 11.3 Å². The third-order valence-electron chi connectivity index (χ3n) is 1.40. The number of ether oxygens (including phenoxy) is 1. The zero-order chi connectivity index (χ0) is 10.5. The lowest BCUT2D eigenvalue weighted by molar-refractivity contribution is -0.873. The third-order valence-corrected chi connectivity index (χ3v) is 1.40. The molecule has 0 N–H and O–H groups in total. The van der Waals surface area contributed by atoms with Crippen LogP contribution in [-0.2, 0) is 9.53 Å². The molecule has 0 aromatic rings. The molecule has 4 nitrogen and oxygen atoms in total. The molecule has 0 spiro atoms. The van der Waals surface area contributed by atoms with Crippen molar-refractivity contribution in [3.8, 4) is 6.07 Å². The highest BCUT2D eigenvalue weighted by molar-refractivity contribution is 5.66. The van der Waals surface area contributed by atoms with Gasteiger partial charge in [-0.05, 0) is 0 Å². The van der Waals surface area contributed by atoms with Crippen molar-refractivity contribution < 1.29 is 14.0 Å². The molecule has 0 aromatic carbocycles. The molecule has 0 saturated heterocycles. The molecule has 1 unspecified atom stereocenters. The molecule has 74 valence electrons. The lowest BCUT2D eigenvalue weighted by Crippen LogP contribution is -2.42. The molecule has 0 saturated carbocycles. The molecule has 0 aromatic heterocycles. The summed E-state index contributed by atoms with van der Waals surface area (Å²) < 4.78 is 5.67. The molecule has 0 fully saturated rings. The van der Waals surface area contributed by atoms with E-state index in [1.165, 1.54) is 6.92 Å². The Hall–Kier alpha value is -1.08. The molecule has 0 rings (SSSR count). The van der Waals surface area contributed by atoms with Gasteiger partial charge in [-0.1, -0.05) is 0 Å². The second-order valence-electron chi connectivity index (χ2n) is 4.07. The number of carbonyl (C=O) groups excluding carboxylic acids is 1. The minimum Gasteiger partial charge on any atom is -0.455 e. The summed E-state index contributed by atoms with van der Waals surface area (Å²) in [6, 6.07) is 2.01. The summed E-state index contributed by atoms with van der Waals surface area (Å²) in [5, 5.41) is 8.50. The summed E-state index contributed by atoms with van der Waals surface area (Å²) in [7, 11) is 5.98. The average Bonchev–Trinajstić information content (AvgIpc) is 1.81. The van der Waals surface area contributed by atoms with Gasteiger partial charge in [0.1, 0.15) is 6.54 Å². The third kappa shape index (κ3) is 7.29. The Labute approximate surface area is 79.3 Å². The van der Waals surface area contributed by atoms with E-state index in [4.69, 9.17) is 10.00 Å². The zero-order valence-electron chi connectivity index (χ0n) is 8.70. The van der Waals surface area contributed by atoms with Gasteiger partial charge in [-0.25, -0.2) is 0 Å². The van der Waals surface area contributed by atoms with E-state index in [2.05, 4.69) is 0 Å². The zero-order valence-corrected chi connectivity index (χ0v) is 8.70. The van der Waals surface area contributed by atoms with E-state index in [1.54, 1.807) is 0 Å². The minimum absolute atomic E-state index is 0.259. The number of likely N-dealkylation sites (N-methyl/N-ethyl adjacent to an activating group) is 1. The van der Waals surface area contributed by atoms with Crippen molar-refractivity contribution in [2.24, 2.45) is 0 Å². The molecule has 0 heterocycles. The standard InChI is InChI=1S/C9H17N2O2/c1-8(12)13-9(5-6-10)7-11(2,3)4/h9H,5,7H2,1-4H3/q+1. The van der Waals surface area contributed by atoms with Crippen molar-refractivity contribution in [3.05, 3.63) is 0 Å². The normalized spacial score (nSPS) is 13.2. The van der Waals surface area contributed by atoms with Crippen LogP contribution in [-0.4, -0.2) is 44.2 Å². The number of esters is 1. The predicted octanol–water partition coefficient (Wildman–Crippen LogP) is 0.538.